The number of fused-ring (bicyclic) bond motifs is 1. The van der Waals surface area contributed by atoms with E-state index in [4.69, 9.17) is 4.74 Å². The molecule has 94 valence electrons. The molecule has 2 nitrogen and oxygen atoms in total. The summed E-state index contributed by atoms with van der Waals surface area (Å²) in [7, 11) is 0. The Morgan fingerprint density at radius 3 is 2.28 bits per heavy atom. The summed E-state index contributed by atoms with van der Waals surface area (Å²) in [4.78, 5) is 12.3. The zero-order chi connectivity index (χ0) is 12.1. The van der Waals surface area contributed by atoms with Crippen molar-refractivity contribution in [3.63, 3.8) is 0 Å². The Balaban J connectivity index is 1.44. The molecule has 0 aromatic heterocycles. The molecule has 2 heteroatoms. The molecular formula is C16H18O2. The first-order valence-corrected chi connectivity index (χ1v) is 7.10. The van der Waals surface area contributed by atoms with Crippen LogP contribution in [0.5, 0.6) is 5.75 Å². The van der Waals surface area contributed by atoms with Crippen LogP contribution in [0.15, 0.2) is 24.3 Å². The fourth-order valence-corrected chi connectivity index (χ4v) is 3.24. The number of ketones is 1. The molecule has 1 aromatic carbocycles. The van der Waals surface area contributed by atoms with Crippen molar-refractivity contribution in [1.82, 2.24) is 0 Å². The highest BCUT2D eigenvalue weighted by Gasteiger charge is 2.47. The minimum absolute atomic E-state index is 0.295. The third kappa shape index (κ3) is 1.94. The highest BCUT2D eigenvalue weighted by molar-refractivity contribution is 5.98. The van der Waals surface area contributed by atoms with Gasteiger partial charge in [-0.05, 0) is 68.2 Å². The summed E-state index contributed by atoms with van der Waals surface area (Å²) in [6, 6.07) is 7.76. The van der Waals surface area contributed by atoms with Crippen LogP contribution in [0, 0.1) is 17.8 Å². The first kappa shape index (κ1) is 10.6. The van der Waals surface area contributed by atoms with E-state index in [0.29, 0.717) is 17.8 Å². The SMILES string of the molecule is O=C(c1ccc(OC2CC2)cc1)C1CC2CC2C1. The van der Waals surface area contributed by atoms with Gasteiger partial charge in [0.25, 0.3) is 0 Å². The van der Waals surface area contributed by atoms with Gasteiger partial charge in [-0.1, -0.05) is 0 Å². The molecular weight excluding hydrogens is 224 g/mol. The molecule has 0 aliphatic heterocycles. The summed E-state index contributed by atoms with van der Waals surface area (Å²) in [5, 5.41) is 0. The number of hydrogen-bond acceptors (Lipinski definition) is 2. The Morgan fingerprint density at radius 1 is 1.00 bits per heavy atom. The van der Waals surface area contributed by atoms with Crippen LogP contribution >= 0.6 is 0 Å². The number of benzene rings is 1. The van der Waals surface area contributed by atoms with E-state index in [9.17, 15) is 4.79 Å². The first-order chi connectivity index (χ1) is 8.79. The number of carbonyl (C=O) groups excluding carboxylic acids is 1. The molecule has 2 atom stereocenters. The summed E-state index contributed by atoms with van der Waals surface area (Å²) in [5.41, 5.74) is 0.865. The predicted octanol–water partition coefficient (Wildman–Crippen LogP) is 3.46. The van der Waals surface area contributed by atoms with Crippen LogP contribution in [0.3, 0.4) is 0 Å². The molecule has 2 unspecified atom stereocenters. The Morgan fingerprint density at radius 2 is 1.67 bits per heavy atom. The molecule has 1 aromatic rings. The second kappa shape index (κ2) is 3.84. The van der Waals surface area contributed by atoms with Gasteiger partial charge in [0.15, 0.2) is 5.78 Å². The maximum Gasteiger partial charge on any atom is 0.165 e. The zero-order valence-corrected chi connectivity index (χ0v) is 10.5. The highest BCUT2D eigenvalue weighted by atomic mass is 16.5. The minimum Gasteiger partial charge on any atom is -0.490 e. The molecule has 3 fully saturated rings. The number of rotatable bonds is 4. The van der Waals surface area contributed by atoms with Crippen LogP contribution in [0.25, 0.3) is 0 Å². The molecule has 4 rings (SSSR count). The molecule has 3 saturated carbocycles. The lowest BCUT2D eigenvalue weighted by Crippen LogP contribution is -2.12. The van der Waals surface area contributed by atoms with Crippen LogP contribution in [-0.2, 0) is 0 Å². The Bertz CT molecular complexity index is 462. The first-order valence-electron chi connectivity index (χ1n) is 7.10. The van der Waals surface area contributed by atoms with Crippen molar-refractivity contribution in [2.24, 2.45) is 17.8 Å². The molecule has 18 heavy (non-hydrogen) atoms. The van der Waals surface area contributed by atoms with Gasteiger partial charge in [-0.15, -0.1) is 0 Å². The summed E-state index contributed by atoms with van der Waals surface area (Å²) < 4.78 is 5.70. The Labute approximate surface area is 107 Å². The van der Waals surface area contributed by atoms with Gasteiger partial charge in [0, 0.05) is 11.5 Å². The lowest BCUT2D eigenvalue weighted by Gasteiger charge is -2.11. The molecule has 0 N–H and O–H groups in total. The van der Waals surface area contributed by atoms with E-state index in [2.05, 4.69) is 0 Å². The highest BCUT2D eigenvalue weighted by Crippen LogP contribution is 2.54. The maximum atomic E-state index is 12.3. The fraction of sp³-hybridized carbons (Fsp3) is 0.562. The molecule has 0 saturated heterocycles. The van der Waals surface area contributed by atoms with E-state index in [1.807, 2.05) is 24.3 Å². The van der Waals surface area contributed by atoms with Gasteiger partial charge in [0.1, 0.15) is 5.75 Å². The quantitative estimate of drug-likeness (QED) is 0.756. The molecule has 0 amide bonds. The van der Waals surface area contributed by atoms with Crippen LogP contribution in [0.1, 0.15) is 42.5 Å². The van der Waals surface area contributed by atoms with E-state index < -0.39 is 0 Å². The van der Waals surface area contributed by atoms with Crippen molar-refractivity contribution in [3.8, 4) is 5.75 Å². The lowest BCUT2D eigenvalue weighted by molar-refractivity contribution is 0.0914. The van der Waals surface area contributed by atoms with Gasteiger partial charge in [0.05, 0.1) is 6.10 Å². The van der Waals surface area contributed by atoms with Crippen LogP contribution < -0.4 is 4.74 Å². The van der Waals surface area contributed by atoms with Crippen molar-refractivity contribution in [1.29, 1.82) is 0 Å². The van der Waals surface area contributed by atoms with Gasteiger partial charge in [-0.3, -0.25) is 4.79 Å². The summed E-state index contributed by atoms with van der Waals surface area (Å²) in [6.45, 7) is 0. The molecule has 0 radical (unpaired) electrons. The Hall–Kier alpha value is -1.31. The van der Waals surface area contributed by atoms with Gasteiger partial charge in [-0.25, -0.2) is 0 Å². The predicted molar refractivity (Wildman–Crippen MR) is 68.7 cm³/mol. The van der Waals surface area contributed by atoms with Crippen LogP contribution in [0.4, 0.5) is 0 Å². The number of ether oxygens (including phenoxy) is 1. The smallest absolute Gasteiger partial charge is 0.165 e. The van der Waals surface area contributed by atoms with Crippen LogP contribution in [0.2, 0.25) is 0 Å². The number of hydrogen-bond donors (Lipinski definition) is 0. The topological polar surface area (TPSA) is 26.3 Å². The van der Waals surface area contributed by atoms with Crippen molar-refractivity contribution in [3.05, 3.63) is 29.8 Å². The molecule has 3 aliphatic rings. The van der Waals surface area contributed by atoms with E-state index >= 15 is 0 Å². The lowest BCUT2D eigenvalue weighted by atomic mass is 9.93. The van der Waals surface area contributed by atoms with Gasteiger partial charge in [-0.2, -0.15) is 0 Å². The van der Waals surface area contributed by atoms with Gasteiger partial charge < -0.3 is 4.74 Å². The monoisotopic (exact) mass is 242 g/mol. The molecule has 0 spiro atoms. The molecule has 0 bridgehead atoms. The van der Waals surface area contributed by atoms with Gasteiger partial charge >= 0.3 is 0 Å². The Kier molecular flexibility index (Phi) is 2.26. The van der Waals surface area contributed by atoms with Crippen molar-refractivity contribution in [2.75, 3.05) is 0 Å². The maximum absolute atomic E-state index is 12.3. The zero-order valence-electron chi connectivity index (χ0n) is 10.5. The number of Topliss-reactive ketones (excluding diaryl/α,β-unsaturated/α-hetero) is 1. The second-order valence-electron chi connectivity index (χ2n) is 6.13. The van der Waals surface area contributed by atoms with Gasteiger partial charge in [0.2, 0.25) is 0 Å². The van der Waals surface area contributed by atoms with E-state index in [1.165, 1.54) is 19.3 Å². The molecule has 3 aliphatic carbocycles. The minimum atomic E-state index is 0.295. The summed E-state index contributed by atoms with van der Waals surface area (Å²) in [5.74, 6) is 3.29. The third-order valence-corrected chi connectivity index (χ3v) is 4.58. The third-order valence-electron chi connectivity index (χ3n) is 4.58. The van der Waals surface area contributed by atoms with Crippen molar-refractivity contribution in [2.45, 2.75) is 38.2 Å². The summed E-state index contributed by atoms with van der Waals surface area (Å²) >= 11 is 0. The molecule has 0 heterocycles. The van der Waals surface area contributed by atoms with E-state index in [1.54, 1.807) is 0 Å². The van der Waals surface area contributed by atoms with Crippen molar-refractivity contribution < 1.29 is 9.53 Å². The summed E-state index contributed by atoms with van der Waals surface area (Å²) in [6.07, 6.45) is 6.40. The van der Waals surface area contributed by atoms with E-state index in [0.717, 1.165) is 36.0 Å². The second-order valence-corrected chi connectivity index (χ2v) is 6.13. The number of carbonyl (C=O) groups is 1. The van der Waals surface area contributed by atoms with E-state index in [-0.39, 0.29) is 0 Å². The fourth-order valence-electron chi connectivity index (χ4n) is 3.24. The largest absolute Gasteiger partial charge is 0.490 e. The standard InChI is InChI=1S/C16H18O2/c17-16(13-8-11-7-12(11)9-13)10-1-3-14(4-2-10)18-15-5-6-15/h1-4,11-13,15H,5-9H2. The average Bonchev–Trinajstić information content (AvgIpc) is 3.31. The van der Waals surface area contributed by atoms with Crippen molar-refractivity contribution >= 4 is 5.78 Å². The van der Waals surface area contributed by atoms with Crippen LogP contribution in [-0.4, -0.2) is 11.9 Å². The average molecular weight is 242 g/mol. The normalized spacial score (nSPS) is 33.0.